The zero-order valence-corrected chi connectivity index (χ0v) is 62.3. The maximum absolute atomic E-state index is 13.1. The molecule has 0 heterocycles. The molecule has 0 aromatic heterocycles. The average molecular weight is 1370 g/mol. The predicted molar refractivity (Wildman–Crippen MR) is 377 cm³/mol. The molecule has 0 radical (unpaired) electrons. The minimum atomic E-state index is -4.96. The Labute approximate surface area is 568 Å². The molecule has 17 nitrogen and oxygen atoms in total. The van der Waals surface area contributed by atoms with Gasteiger partial charge < -0.3 is 33.8 Å². The molecular weight excluding hydrogens is 1220 g/mol. The first kappa shape index (κ1) is 91.1. The van der Waals surface area contributed by atoms with Gasteiger partial charge in [0.25, 0.3) is 0 Å². The molecular formula is C74H144O17P2. The Morgan fingerprint density at radius 1 is 0.290 bits per heavy atom. The molecule has 93 heavy (non-hydrogen) atoms. The molecule has 0 bridgehead atoms. The van der Waals surface area contributed by atoms with Gasteiger partial charge in [-0.2, -0.15) is 0 Å². The van der Waals surface area contributed by atoms with Crippen LogP contribution in [0.1, 0.15) is 382 Å². The molecule has 0 spiro atoms. The van der Waals surface area contributed by atoms with Gasteiger partial charge in [0.1, 0.15) is 19.3 Å². The summed E-state index contributed by atoms with van der Waals surface area (Å²) in [4.78, 5) is 72.7. The number of aliphatic hydroxyl groups is 1. The van der Waals surface area contributed by atoms with Crippen molar-refractivity contribution in [3.63, 3.8) is 0 Å². The summed E-state index contributed by atoms with van der Waals surface area (Å²) in [6.45, 7) is 9.52. The molecule has 0 aliphatic heterocycles. The Bertz CT molecular complexity index is 1800. The van der Waals surface area contributed by atoms with Crippen LogP contribution in [-0.4, -0.2) is 96.7 Å². The Morgan fingerprint density at radius 2 is 0.495 bits per heavy atom. The van der Waals surface area contributed by atoms with E-state index in [0.29, 0.717) is 31.6 Å². The van der Waals surface area contributed by atoms with Crippen LogP contribution in [0.3, 0.4) is 0 Å². The average Bonchev–Trinajstić information content (AvgIpc) is 1.56. The molecule has 19 heteroatoms. The quantitative estimate of drug-likeness (QED) is 0.0222. The number of phosphoric ester groups is 2. The van der Waals surface area contributed by atoms with Gasteiger partial charge in [0.05, 0.1) is 26.4 Å². The van der Waals surface area contributed by atoms with Crippen molar-refractivity contribution in [2.75, 3.05) is 39.6 Å². The topological polar surface area (TPSA) is 237 Å². The van der Waals surface area contributed by atoms with Crippen LogP contribution in [-0.2, 0) is 65.4 Å². The Balaban J connectivity index is 5.23. The van der Waals surface area contributed by atoms with Gasteiger partial charge in [0, 0.05) is 25.7 Å². The van der Waals surface area contributed by atoms with E-state index in [1.54, 1.807) is 0 Å². The van der Waals surface area contributed by atoms with Gasteiger partial charge in [-0.1, -0.05) is 330 Å². The monoisotopic (exact) mass is 1370 g/mol. The highest BCUT2D eigenvalue weighted by Gasteiger charge is 2.30. The highest BCUT2D eigenvalue weighted by molar-refractivity contribution is 7.47. The third-order valence-corrected chi connectivity index (χ3v) is 19.1. The number of esters is 4. The molecule has 5 atom stereocenters. The van der Waals surface area contributed by atoms with Crippen molar-refractivity contribution in [3.8, 4) is 0 Å². The molecule has 0 saturated carbocycles. The van der Waals surface area contributed by atoms with Gasteiger partial charge in [-0.25, -0.2) is 9.13 Å². The van der Waals surface area contributed by atoms with E-state index >= 15 is 0 Å². The summed E-state index contributed by atoms with van der Waals surface area (Å²) in [5, 5.41) is 10.6. The van der Waals surface area contributed by atoms with Crippen LogP contribution in [0.15, 0.2) is 0 Å². The van der Waals surface area contributed by atoms with E-state index in [-0.39, 0.29) is 25.7 Å². The number of carbonyl (C=O) groups excluding carboxylic acids is 4. The lowest BCUT2D eigenvalue weighted by atomic mass is 10.0. The summed E-state index contributed by atoms with van der Waals surface area (Å²) in [7, 11) is -9.91. The zero-order valence-electron chi connectivity index (χ0n) is 60.6. The number of phosphoric acid groups is 2. The molecule has 0 aromatic carbocycles. The van der Waals surface area contributed by atoms with Crippen molar-refractivity contribution in [1.29, 1.82) is 0 Å². The van der Waals surface area contributed by atoms with E-state index in [2.05, 4.69) is 41.5 Å². The fourth-order valence-electron chi connectivity index (χ4n) is 11.3. The van der Waals surface area contributed by atoms with Crippen molar-refractivity contribution in [2.45, 2.75) is 400 Å². The van der Waals surface area contributed by atoms with Crippen LogP contribution < -0.4 is 0 Å². The minimum Gasteiger partial charge on any atom is -0.462 e. The Morgan fingerprint density at radius 3 is 0.731 bits per heavy atom. The minimum absolute atomic E-state index is 0.106. The lowest BCUT2D eigenvalue weighted by Crippen LogP contribution is -2.30. The fraction of sp³-hybridized carbons (Fsp3) is 0.946. The normalized spacial score (nSPS) is 14.1. The number of carbonyl (C=O) groups is 4. The summed E-state index contributed by atoms with van der Waals surface area (Å²) in [6, 6.07) is 0. The summed E-state index contributed by atoms with van der Waals surface area (Å²) in [5.41, 5.74) is 0. The molecule has 552 valence electrons. The standard InChI is InChI=1S/C74H144O17P2/c1-7-9-11-13-15-17-19-21-22-23-26-30-33-37-44-50-56-71(76)84-62-69(90-74(79)59-53-47-39-35-31-27-24-25-28-32-36-42-48-54-66(3)4)64-88-92(80,81)86-60-68(75)61-87-93(82,83)89-65-70(63-85-72(77)57-51-45-41-40-43-49-55-67(5)6)91-73(78)58-52-46-38-34-29-20-18-16-14-12-10-8-2/h66-70,75H,7-65H2,1-6H3,(H,80,81)(H,82,83)/t68-,69-,70-/m1/s1. The smallest absolute Gasteiger partial charge is 0.462 e. The van der Waals surface area contributed by atoms with Crippen LogP contribution in [0.25, 0.3) is 0 Å². The zero-order chi connectivity index (χ0) is 68.6. The molecule has 0 aliphatic rings. The van der Waals surface area contributed by atoms with Crippen molar-refractivity contribution >= 4 is 39.5 Å². The molecule has 0 rings (SSSR count). The summed E-state index contributed by atoms with van der Waals surface area (Å²) < 4.78 is 68.4. The summed E-state index contributed by atoms with van der Waals surface area (Å²) in [6.07, 6.45) is 52.8. The fourth-order valence-corrected chi connectivity index (χ4v) is 12.9. The Kier molecular flexibility index (Phi) is 64.6. The maximum atomic E-state index is 13.1. The number of aliphatic hydroxyl groups excluding tert-OH is 1. The largest absolute Gasteiger partial charge is 0.472 e. The molecule has 0 amide bonds. The molecule has 0 fully saturated rings. The van der Waals surface area contributed by atoms with Gasteiger partial charge in [0.15, 0.2) is 12.2 Å². The van der Waals surface area contributed by atoms with Crippen LogP contribution in [0.4, 0.5) is 0 Å². The Hall–Kier alpha value is -1.94. The van der Waals surface area contributed by atoms with Crippen molar-refractivity contribution in [1.82, 2.24) is 0 Å². The third kappa shape index (κ3) is 68.4. The van der Waals surface area contributed by atoms with Gasteiger partial charge in [-0.15, -0.1) is 0 Å². The predicted octanol–water partition coefficient (Wildman–Crippen LogP) is 21.6. The first-order valence-electron chi connectivity index (χ1n) is 38.5. The molecule has 2 unspecified atom stereocenters. The first-order chi connectivity index (χ1) is 44.9. The van der Waals surface area contributed by atoms with Crippen LogP contribution in [0.2, 0.25) is 0 Å². The van der Waals surface area contributed by atoms with E-state index in [1.807, 2.05) is 0 Å². The third-order valence-electron chi connectivity index (χ3n) is 17.2. The number of ether oxygens (including phenoxy) is 4. The summed E-state index contributed by atoms with van der Waals surface area (Å²) >= 11 is 0. The van der Waals surface area contributed by atoms with E-state index in [9.17, 15) is 43.2 Å². The van der Waals surface area contributed by atoms with Crippen molar-refractivity contribution in [2.24, 2.45) is 11.8 Å². The second-order valence-electron chi connectivity index (χ2n) is 27.6. The van der Waals surface area contributed by atoms with Gasteiger partial charge in [-0.3, -0.25) is 37.3 Å². The number of rotatable bonds is 73. The second kappa shape index (κ2) is 66.0. The molecule has 3 N–H and O–H groups in total. The van der Waals surface area contributed by atoms with Crippen molar-refractivity contribution in [3.05, 3.63) is 0 Å². The van der Waals surface area contributed by atoms with E-state index in [0.717, 1.165) is 102 Å². The van der Waals surface area contributed by atoms with Crippen LogP contribution >= 0.6 is 15.6 Å². The molecule has 0 aliphatic carbocycles. The van der Waals surface area contributed by atoms with Gasteiger partial charge in [-0.05, 0) is 37.5 Å². The summed E-state index contributed by atoms with van der Waals surface area (Å²) in [5.74, 6) is -0.652. The number of hydrogen-bond acceptors (Lipinski definition) is 15. The number of unbranched alkanes of at least 4 members (excludes halogenated alkanes) is 43. The van der Waals surface area contributed by atoms with Crippen molar-refractivity contribution < 1.29 is 80.2 Å². The van der Waals surface area contributed by atoms with Gasteiger partial charge in [0.2, 0.25) is 0 Å². The van der Waals surface area contributed by atoms with Crippen LogP contribution in [0, 0.1) is 11.8 Å². The van der Waals surface area contributed by atoms with E-state index in [4.69, 9.17) is 37.0 Å². The highest BCUT2D eigenvalue weighted by atomic mass is 31.2. The number of hydrogen-bond donors (Lipinski definition) is 3. The lowest BCUT2D eigenvalue weighted by Gasteiger charge is -2.21. The maximum Gasteiger partial charge on any atom is 0.472 e. The highest BCUT2D eigenvalue weighted by Crippen LogP contribution is 2.45. The van der Waals surface area contributed by atoms with Gasteiger partial charge >= 0.3 is 39.5 Å². The first-order valence-corrected chi connectivity index (χ1v) is 41.5. The van der Waals surface area contributed by atoms with E-state index in [1.165, 1.54) is 193 Å². The molecule has 0 aromatic rings. The van der Waals surface area contributed by atoms with Crippen LogP contribution in [0.5, 0.6) is 0 Å². The van der Waals surface area contributed by atoms with E-state index < -0.39 is 97.5 Å². The lowest BCUT2D eigenvalue weighted by molar-refractivity contribution is -0.161. The second-order valence-corrected chi connectivity index (χ2v) is 30.5. The SMILES string of the molecule is CCCCCCCCCCCCCCCCCCC(=O)OC[C@H](COP(=O)(O)OC[C@@H](O)COP(=O)(O)OC[C@@H](COC(=O)CCCCCCCCC(C)C)OC(=O)CCCCCCCCCCCCCC)OC(=O)CCCCCCCCCCCCCCCC(C)C. The molecule has 0 saturated heterocycles.